The van der Waals surface area contributed by atoms with Crippen LogP contribution in [0, 0.1) is 20.8 Å². The highest BCUT2D eigenvalue weighted by Gasteiger charge is 2.24. The summed E-state index contributed by atoms with van der Waals surface area (Å²) in [6.07, 6.45) is 1.14. The summed E-state index contributed by atoms with van der Waals surface area (Å²) in [7, 11) is 1.74. The minimum Gasteiger partial charge on any atom is -0.383 e. The third-order valence-corrected chi connectivity index (χ3v) is 3.76. The molecule has 0 aromatic heterocycles. The van der Waals surface area contributed by atoms with Gasteiger partial charge in [-0.15, -0.1) is 0 Å². The third kappa shape index (κ3) is 4.63. The van der Waals surface area contributed by atoms with Crippen molar-refractivity contribution in [2.45, 2.75) is 46.5 Å². The molecule has 0 atom stereocenters. The van der Waals surface area contributed by atoms with E-state index in [-0.39, 0.29) is 5.41 Å². The summed E-state index contributed by atoms with van der Waals surface area (Å²) in [6, 6.07) is 4.59. The molecule has 0 saturated heterocycles. The van der Waals surface area contributed by atoms with Crippen LogP contribution in [0.3, 0.4) is 0 Å². The fourth-order valence-corrected chi connectivity index (χ4v) is 3.07. The molecule has 0 aliphatic carbocycles. The normalized spacial score (nSPS) is 11.9. The van der Waals surface area contributed by atoms with Crippen molar-refractivity contribution in [3.63, 3.8) is 0 Å². The second-order valence-corrected chi connectivity index (χ2v) is 6.15. The lowest BCUT2D eigenvalue weighted by atomic mass is 9.76. The molecule has 1 N–H and O–H groups in total. The van der Waals surface area contributed by atoms with Crippen molar-refractivity contribution in [1.29, 1.82) is 0 Å². The maximum atomic E-state index is 5.05. The van der Waals surface area contributed by atoms with Crippen LogP contribution in [-0.4, -0.2) is 26.8 Å². The van der Waals surface area contributed by atoms with Gasteiger partial charge in [-0.05, 0) is 55.8 Å². The van der Waals surface area contributed by atoms with Crippen molar-refractivity contribution in [3.8, 4) is 0 Å². The number of methoxy groups -OCH3 is 1. The molecule has 19 heavy (non-hydrogen) atoms. The van der Waals surface area contributed by atoms with Crippen LogP contribution in [0.2, 0.25) is 0 Å². The lowest BCUT2D eigenvalue weighted by Crippen LogP contribution is -2.28. The van der Waals surface area contributed by atoms with E-state index in [0.29, 0.717) is 0 Å². The Morgan fingerprint density at radius 1 is 1.05 bits per heavy atom. The monoisotopic (exact) mass is 263 g/mol. The molecule has 1 rings (SSSR count). The number of benzene rings is 1. The summed E-state index contributed by atoms with van der Waals surface area (Å²) in [6.45, 7) is 14.1. The minimum atomic E-state index is 0.210. The zero-order valence-corrected chi connectivity index (χ0v) is 13.4. The first-order valence-corrected chi connectivity index (χ1v) is 7.16. The van der Waals surface area contributed by atoms with Gasteiger partial charge in [0.25, 0.3) is 0 Å². The number of hydrogen-bond acceptors (Lipinski definition) is 2. The Balaban J connectivity index is 2.71. The number of rotatable bonds is 7. The van der Waals surface area contributed by atoms with Crippen molar-refractivity contribution in [2.75, 3.05) is 26.8 Å². The first kappa shape index (κ1) is 16.2. The quantitative estimate of drug-likeness (QED) is 0.760. The SMILES string of the molecule is COCCNCCC(C)(C)c1c(C)cc(C)cc1C. The zero-order valence-electron chi connectivity index (χ0n) is 13.4. The Kier molecular flexibility index (Phi) is 6.02. The molecule has 0 amide bonds. The van der Waals surface area contributed by atoms with Gasteiger partial charge in [-0.25, -0.2) is 0 Å². The van der Waals surface area contributed by atoms with Crippen LogP contribution in [0.4, 0.5) is 0 Å². The number of hydrogen-bond donors (Lipinski definition) is 1. The van der Waals surface area contributed by atoms with E-state index in [1.54, 1.807) is 7.11 Å². The summed E-state index contributed by atoms with van der Waals surface area (Å²) in [5, 5.41) is 3.44. The van der Waals surface area contributed by atoms with E-state index >= 15 is 0 Å². The van der Waals surface area contributed by atoms with Crippen molar-refractivity contribution in [1.82, 2.24) is 5.32 Å². The van der Waals surface area contributed by atoms with Gasteiger partial charge in [0, 0.05) is 13.7 Å². The first-order chi connectivity index (χ1) is 8.88. The topological polar surface area (TPSA) is 21.3 Å². The molecule has 0 saturated carbocycles. The van der Waals surface area contributed by atoms with E-state index in [1.807, 2.05) is 0 Å². The van der Waals surface area contributed by atoms with Gasteiger partial charge in [0.2, 0.25) is 0 Å². The van der Waals surface area contributed by atoms with E-state index in [1.165, 1.54) is 22.3 Å². The van der Waals surface area contributed by atoms with Gasteiger partial charge in [-0.3, -0.25) is 0 Å². The summed E-state index contributed by atoms with van der Waals surface area (Å²) >= 11 is 0. The lowest BCUT2D eigenvalue weighted by molar-refractivity contribution is 0.198. The fourth-order valence-electron chi connectivity index (χ4n) is 3.07. The van der Waals surface area contributed by atoms with Crippen LogP contribution in [-0.2, 0) is 10.2 Å². The predicted molar refractivity (Wildman–Crippen MR) is 83.0 cm³/mol. The Bertz CT molecular complexity index is 387. The maximum Gasteiger partial charge on any atom is 0.0587 e. The lowest BCUT2D eigenvalue weighted by Gasteiger charge is -2.29. The zero-order chi connectivity index (χ0) is 14.5. The van der Waals surface area contributed by atoms with Gasteiger partial charge in [0.05, 0.1) is 6.61 Å². The van der Waals surface area contributed by atoms with Crippen LogP contribution in [0.5, 0.6) is 0 Å². The molecule has 108 valence electrons. The number of aryl methyl sites for hydroxylation is 3. The molecule has 0 fully saturated rings. The molecule has 2 nitrogen and oxygen atoms in total. The number of nitrogens with one attached hydrogen (secondary N) is 1. The molecule has 0 spiro atoms. The average Bonchev–Trinajstić information content (AvgIpc) is 2.26. The molecular weight excluding hydrogens is 234 g/mol. The Morgan fingerprint density at radius 3 is 2.16 bits per heavy atom. The highest BCUT2D eigenvalue weighted by molar-refractivity contribution is 5.42. The average molecular weight is 263 g/mol. The van der Waals surface area contributed by atoms with E-state index in [2.05, 4.69) is 52.1 Å². The van der Waals surface area contributed by atoms with E-state index in [0.717, 1.165) is 26.1 Å². The second-order valence-electron chi connectivity index (χ2n) is 6.15. The largest absolute Gasteiger partial charge is 0.383 e. The van der Waals surface area contributed by atoms with Crippen LogP contribution in [0.1, 0.15) is 42.5 Å². The van der Waals surface area contributed by atoms with Crippen molar-refractivity contribution >= 4 is 0 Å². The van der Waals surface area contributed by atoms with E-state index in [4.69, 9.17) is 4.74 Å². The first-order valence-electron chi connectivity index (χ1n) is 7.16. The van der Waals surface area contributed by atoms with Crippen LogP contribution >= 0.6 is 0 Å². The summed E-state index contributed by atoms with van der Waals surface area (Å²) < 4.78 is 5.05. The molecule has 1 aromatic carbocycles. The smallest absolute Gasteiger partial charge is 0.0587 e. The van der Waals surface area contributed by atoms with Crippen LogP contribution < -0.4 is 5.32 Å². The highest BCUT2D eigenvalue weighted by atomic mass is 16.5. The van der Waals surface area contributed by atoms with Gasteiger partial charge >= 0.3 is 0 Å². The van der Waals surface area contributed by atoms with E-state index in [9.17, 15) is 0 Å². The second kappa shape index (κ2) is 7.06. The Morgan fingerprint density at radius 2 is 1.63 bits per heavy atom. The molecule has 0 aliphatic heterocycles. The fraction of sp³-hybridized carbons (Fsp3) is 0.647. The van der Waals surface area contributed by atoms with Crippen molar-refractivity contribution in [3.05, 3.63) is 34.4 Å². The molecule has 0 radical (unpaired) electrons. The predicted octanol–water partition coefficient (Wildman–Crippen LogP) is 3.52. The Labute approximate surface area is 118 Å². The molecule has 0 heterocycles. The van der Waals surface area contributed by atoms with Crippen molar-refractivity contribution < 1.29 is 4.74 Å². The van der Waals surface area contributed by atoms with Gasteiger partial charge < -0.3 is 10.1 Å². The molecule has 0 bridgehead atoms. The third-order valence-electron chi connectivity index (χ3n) is 3.76. The van der Waals surface area contributed by atoms with Gasteiger partial charge in [-0.1, -0.05) is 31.5 Å². The summed E-state index contributed by atoms with van der Waals surface area (Å²) in [5.41, 5.74) is 5.90. The molecule has 0 aliphatic rings. The highest BCUT2D eigenvalue weighted by Crippen LogP contribution is 2.32. The summed E-state index contributed by atoms with van der Waals surface area (Å²) in [4.78, 5) is 0. The van der Waals surface area contributed by atoms with Gasteiger partial charge in [0.15, 0.2) is 0 Å². The van der Waals surface area contributed by atoms with Crippen LogP contribution in [0.15, 0.2) is 12.1 Å². The van der Waals surface area contributed by atoms with Crippen molar-refractivity contribution in [2.24, 2.45) is 0 Å². The van der Waals surface area contributed by atoms with Gasteiger partial charge in [-0.2, -0.15) is 0 Å². The Hall–Kier alpha value is -0.860. The maximum absolute atomic E-state index is 5.05. The van der Waals surface area contributed by atoms with E-state index < -0.39 is 0 Å². The molecular formula is C17H29NO. The standard InChI is InChI=1S/C17H29NO/c1-13-11-14(2)16(15(3)12-13)17(4,5)7-8-18-9-10-19-6/h11-12,18H,7-10H2,1-6H3. The minimum absolute atomic E-state index is 0.210. The number of ether oxygens (including phenoxy) is 1. The van der Waals surface area contributed by atoms with Gasteiger partial charge in [0.1, 0.15) is 0 Å². The molecule has 1 aromatic rings. The molecule has 0 unspecified atom stereocenters. The van der Waals surface area contributed by atoms with Crippen LogP contribution in [0.25, 0.3) is 0 Å². The molecule has 2 heteroatoms. The summed E-state index contributed by atoms with van der Waals surface area (Å²) in [5.74, 6) is 0.